The van der Waals surface area contributed by atoms with Crippen molar-refractivity contribution in [3.05, 3.63) is 0 Å². The molecule has 0 saturated carbocycles. The third-order valence-electron chi connectivity index (χ3n) is 4.91. The van der Waals surface area contributed by atoms with Crippen molar-refractivity contribution in [3.63, 3.8) is 0 Å². The third kappa shape index (κ3) is 10.5. The fourth-order valence-corrected chi connectivity index (χ4v) is 2.70. The summed E-state index contributed by atoms with van der Waals surface area (Å²) in [5.74, 6) is -5.87. The second-order valence-corrected chi connectivity index (χ2v) is 7.50. The van der Waals surface area contributed by atoms with Crippen molar-refractivity contribution < 1.29 is 39.3 Å². The van der Waals surface area contributed by atoms with Gasteiger partial charge in [-0.1, -0.05) is 26.7 Å². The van der Waals surface area contributed by atoms with Gasteiger partial charge in [-0.25, -0.2) is 4.79 Å². The van der Waals surface area contributed by atoms with Crippen LogP contribution < -0.4 is 27.4 Å². The molecule has 0 aromatic carbocycles. The Bertz CT molecular complexity index is 660. The van der Waals surface area contributed by atoms with E-state index in [0.717, 1.165) is 0 Å². The first-order valence-electron chi connectivity index (χ1n) is 10.4. The quantitative estimate of drug-likeness (QED) is 0.112. The van der Waals surface area contributed by atoms with Gasteiger partial charge in [-0.15, -0.1) is 0 Å². The molecular formula is C19H35N5O8. The monoisotopic (exact) mass is 461 g/mol. The number of carboxylic acids is 2. The lowest BCUT2D eigenvalue weighted by Gasteiger charge is -2.27. The Balaban J connectivity index is 5.24. The van der Waals surface area contributed by atoms with Gasteiger partial charge in [0.2, 0.25) is 17.7 Å². The van der Waals surface area contributed by atoms with E-state index in [4.69, 9.17) is 21.7 Å². The first kappa shape index (κ1) is 29.2. The van der Waals surface area contributed by atoms with Crippen molar-refractivity contribution in [3.8, 4) is 0 Å². The summed E-state index contributed by atoms with van der Waals surface area (Å²) in [6, 6.07) is -5.23. The Hall–Kier alpha value is -2.77. The summed E-state index contributed by atoms with van der Waals surface area (Å²) < 4.78 is 0. The number of aliphatic carboxylic acids is 2. The van der Waals surface area contributed by atoms with Crippen molar-refractivity contribution in [1.29, 1.82) is 0 Å². The summed E-state index contributed by atoms with van der Waals surface area (Å²) in [4.78, 5) is 59.4. The number of carboxylic acid groups (broad SMARTS) is 2. The Morgan fingerprint density at radius 2 is 1.50 bits per heavy atom. The van der Waals surface area contributed by atoms with E-state index in [1.165, 1.54) is 0 Å². The molecule has 10 N–H and O–H groups in total. The smallest absolute Gasteiger partial charge is 0.326 e. The summed E-state index contributed by atoms with van der Waals surface area (Å²) in [7, 11) is 0. The van der Waals surface area contributed by atoms with Gasteiger partial charge in [-0.3, -0.25) is 19.2 Å². The van der Waals surface area contributed by atoms with E-state index < -0.39 is 72.8 Å². The maximum atomic E-state index is 12.6. The van der Waals surface area contributed by atoms with E-state index in [1.54, 1.807) is 13.8 Å². The molecule has 13 nitrogen and oxygen atoms in total. The highest BCUT2D eigenvalue weighted by Gasteiger charge is 2.33. The number of hydrogen-bond acceptors (Lipinski definition) is 8. The summed E-state index contributed by atoms with van der Waals surface area (Å²) in [5.41, 5.74) is 11.2. The summed E-state index contributed by atoms with van der Waals surface area (Å²) in [6.45, 7) is 3.04. The van der Waals surface area contributed by atoms with Crippen LogP contribution in [0.4, 0.5) is 0 Å². The van der Waals surface area contributed by atoms with Crippen LogP contribution in [0.5, 0.6) is 0 Å². The van der Waals surface area contributed by atoms with E-state index in [2.05, 4.69) is 16.0 Å². The van der Waals surface area contributed by atoms with E-state index >= 15 is 0 Å². The molecule has 0 aliphatic carbocycles. The number of carbonyl (C=O) groups is 5. The highest BCUT2D eigenvalue weighted by atomic mass is 16.4. The SMILES string of the molecule is CCC(C)C(NC(=O)C(CO)NC(=O)C(N)CCCCN)C(=O)NC(CC(=O)O)C(=O)O. The second-order valence-electron chi connectivity index (χ2n) is 7.50. The number of nitrogens with one attached hydrogen (secondary N) is 3. The van der Waals surface area contributed by atoms with Crippen LogP contribution in [0.15, 0.2) is 0 Å². The number of carbonyl (C=O) groups excluding carboxylic acids is 3. The lowest BCUT2D eigenvalue weighted by Crippen LogP contribution is -2.59. The lowest BCUT2D eigenvalue weighted by molar-refractivity contribution is -0.147. The maximum absolute atomic E-state index is 12.6. The Labute approximate surface area is 186 Å². The minimum Gasteiger partial charge on any atom is -0.481 e. The van der Waals surface area contributed by atoms with E-state index in [-0.39, 0.29) is 0 Å². The third-order valence-corrected chi connectivity index (χ3v) is 4.91. The molecule has 0 aliphatic rings. The first-order valence-corrected chi connectivity index (χ1v) is 10.4. The van der Waals surface area contributed by atoms with Gasteiger partial charge >= 0.3 is 11.9 Å². The van der Waals surface area contributed by atoms with E-state index in [0.29, 0.717) is 32.2 Å². The molecule has 13 heteroatoms. The standard InChI is InChI=1S/C19H35N5O8/c1-3-10(2)15(18(30)22-12(19(31)32)8-14(26)27)24-17(29)13(9-25)23-16(28)11(21)6-4-5-7-20/h10-13,15,25H,3-9,20-21H2,1-2H3,(H,22,30)(H,23,28)(H,24,29)(H,26,27)(H,31,32). The highest BCUT2D eigenvalue weighted by Crippen LogP contribution is 2.10. The van der Waals surface area contributed by atoms with Crippen LogP contribution in [-0.4, -0.2) is 82.3 Å². The molecule has 0 spiro atoms. The molecule has 0 heterocycles. The number of amides is 3. The zero-order valence-electron chi connectivity index (χ0n) is 18.4. The average Bonchev–Trinajstić information content (AvgIpc) is 2.73. The molecule has 5 atom stereocenters. The molecule has 0 aliphatic heterocycles. The van der Waals surface area contributed by atoms with Gasteiger partial charge in [0.05, 0.1) is 19.1 Å². The molecule has 0 rings (SSSR count). The van der Waals surface area contributed by atoms with Crippen LogP contribution in [0.2, 0.25) is 0 Å². The zero-order chi connectivity index (χ0) is 24.8. The number of nitrogens with two attached hydrogens (primary N) is 2. The molecule has 3 amide bonds. The summed E-state index contributed by atoms with van der Waals surface area (Å²) in [6.07, 6.45) is 1.19. The Morgan fingerprint density at radius 1 is 0.906 bits per heavy atom. The van der Waals surface area contributed by atoms with Gasteiger partial charge in [0.15, 0.2) is 0 Å². The topological polar surface area (TPSA) is 234 Å². The van der Waals surface area contributed by atoms with Gasteiger partial charge < -0.3 is 42.7 Å². The summed E-state index contributed by atoms with van der Waals surface area (Å²) in [5, 5.41) is 34.3. The number of aliphatic hydroxyl groups is 1. The molecule has 0 saturated heterocycles. The van der Waals surface area contributed by atoms with Gasteiger partial charge in [0.25, 0.3) is 0 Å². The number of rotatable bonds is 16. The lowest BCUT2D eigenvalue weighted by atomic mass is 9.97. The van der Waals surface area contributed by atoms with E-state index in [1.807, 2.05) is 0 Å². The number of unbranched alkanes of at least 4 members (excludes halogenated alkanes) is 1. The molecule has 0 aromatic rings. The average molecular weight is 462 g/mol. The Kier molecular flexibility index (Phi) is 13.8. The zero-order valence-corrected chi connectivity index (χ0v) is 18.4. The molecule has 0 fully saturated rings. The molecule has 0 bridgehead atoms. The fourth-order valence-electron chi connectivity index (χ4n) is 2.70. The molecule has 0 aromatic heterocycles. The van der Waals surface area contributed by atoms with E-state index in [9.17, 15) is 29.1 Å². The van der Waals surface area contributed by atoms with Gasteiger partial charge in [0, 0.05) is 0 Å². The van der Waals surface area contributed by atoms with Crippen LogP contribution in [-0.2, 0) is 24.0 Å². The van der Waals surface area contributed by atoms with Crippen molar-refractivity contribution >= 4 is 29.7 Å². The van der Waals surface area contributed by atoms with Crippen molar-refractivity contribution in [1.82, 2.24) is 16.0 Å². The summed E-state index contributed by atoms with van der Waals surface area (Å²) >= 11 is 0. The second kappa shape index (κ2) is 15.1. The Morgan fingerprint density at radius 3 is 1.97 bits per heavy atom. The largest absolute Gasteiger partial charge is 0.481 e. The highest BCUT2D eigenvalue weighted by molar-refractivity contribution is 5.94. The number of aliphatic hydroxyl groups excluding tert-OH is 1. The fraction of sp³-hybridized carbons (Fsp3) is 0.737. The van der Waals surface area contributed by atoms with Crippen molar-refractivity contribution in [2.75, 3.05) is 13.2 Å². The molecule has 32 heavy (non-hydrogen) atoms. The van der Waals surface area contributed by atoms with Gasteiger partial charge in [0.1, 0.15) is 18.1 Å². The van der Waals surface area contributed by atoms with Crippen LogP contribution in [0, 0.1) is 5.92 Å². The van der Waals surface area contributed by atoms with Crippen LogP contribution in [0.1, 0.15) is 46.0 Å². The first-order chi connectivity index (χ1) is 15.0. The molecule has 5 unspecified atom stereocenters. The maximum Gasteiger partial charge on any atom is 0.326 e. The van der Waals surface area contributed by atoms with Crippen LogP contribution in [0.3, 0.4) is 0 Å². The van der Waals surface area contributed by atoms with Crippen molar-refractivity contribution in [2.45, 2.75) is 70.1 Å². The van der Waals surface area contributed by atoms with Crippen LogP contribution in [0.25, 0.3) is 0 Å². The predicted molar refractivity (Wildman–Crippen MR) is 113 cm³/mol. The van der Waals surface area contributed by atoms with Crippen LogP contribution >= 0.6 is 0 Å². The number of hydrogen-bond donors (Lipinski definition) is 8. The minimum absolute atomic E-state index is 0.334. The molecular weight excluding hydrogens is 426 g/mol. The predicted octanol–water partition coefficient (Wildman–Crippen LogP) is -2.51. The van der Waals surface area contributed by atoms with Gasteiger partial charge in [-0.2, -0.15) is 0 Å². The molecule has 0 radical (unpaired) electrons. The minimum atomic E-state index is -1.69. The van der Waals surface area contributed by atoms with Gasteiger partial charge in [-0.05, 0) is 25.3 Å². The molecule has 184 valence electrons. The van der Waals surface area contributed by atoms with Crippen molar-refractivity contribution in [2.24, 2.45) is 17.4 Å². The normalized spacial score (nSPS) is 15.5.